The monoisotopic (exact) mass is 380 g/mol. The number of carbonyl (C=O) groups is 1. The lowest BCUT2D eigenvalue weighted by molar-refractivity contribution is 0.0934. The summed E-state index contributed by atoms with van der Waals surface area (Å²) < 4.78 is 15.8. The molecule has 1 aliphatic carbocycles. The van der Waals surface area contributed by atoms with E-state index in [1.807, 2.05) is 6.07 Å². The number of nitrogens with one attached hydrogen (secondary N) is 1. The van der Waals surface area contributed by atoms with Crippen molar-refractivity contribution in [3.63, 3.8) is 0 Å². The Morgan fingerprint density at radius 2 is 2.26 bits per heavy atom. The smallest absolute Gasteiger partial charge is 0.257 e. The van der Waals surface area contributed by atoms with E-state index < -0.39 is 0 Å². The van der Waals surface area contributed by atoms with Crippen LogP contribution in [0, 0.1) is 11.7 Å². The van der Waals surface area contributed by atoms with Crippen LogP contribution in [0.25, 0.3) is 0 Å². The molecule has 0 aliphatic heterocycles. The molecule has 1 aliphatic rings. The normalized spacial score (nSPS) is 15.4. The van der Waals surface area contributed by atoms with Crippen molar-refractivity contribution in [3.8, 4) is 0 Å². The minimum absolute atomic E-state index is 0.249. The highest BCUT2D eigenvalue weighted by atomic mass is 79.9. The Morgan fingerprint density at radius 1 is 1.52 bits per heavy atom. The fourth-order valence-corrected chi connectivity index (χ4v) is 3.08. The lowest BCUT2D eigenvalue weighted by Gasteiger charge is -2.19. The van der Waals surface area contributed by atoms with Gasteiger partial charge in [-0.2, -0.15) is 5.10 Å². The van der Waals surface area contributed by atoms with E-state index in [0.717, 1.165) is 24.8 Å². The number of hydrogen-bond acceptors (Lipinski definition) is 3. The Hall–Kier alpha value is -1.89. The lowest BCUT2D eigenvalue weighted by Crippen LogP contribution is -2.29. The van der Waals surface area contributed by atoms with Gasteiger partial charge in [0.05, 0.1) is 12.2 Å². The summed E-state index contributed by atoms with van der Waals surface area (Å²) in [5.74, 6) is 0.272. The van der Waals surface area contributed by atoms with E-state index >= 15 is 0 Å². The van der Waals surface area contributed by atoms with Gasteiger partial charge < -0.3 is 11.1 Å². The van der Waals surface area contributed by atoms with E-state index in [2.05, 4.69) is 26.3 Å². The minimum atomic E-state index is -0.328. The van der Waals surface area contributed by atoms with Crippen molar-refractivity contribution in [2.45, 2.75) is 25.3 Å². The Labute approximate surface area is 142 Å². The molecule has 5 nitrogen and oxygen atoms in total. The summed E-state index contributed by atoms with van der Waals surface area (Å²) in [7, 11) is 1.68. The maximum absolute atomic E-state index is 13.7. The fraction of sp³-hybridized carbons (Fsp3) is 0.375. The second-order valence-corrected chi connectivity index (χ2v) is 6.89. The van der Waals surface area contributed by atoms with Crippen molar-refractivity contribution in [2.75, 3.05) is 5.73 Å². The molecule has 1 unspecified atom stereocenters. The topological polar surface area (TPSA) is 72.9 Å². The van der Waals surface area contributed by atoms with Gasteiger partial charge in [0.1, 0.15) is 17.2 Å². The fourth-order valence-electron chi connectivity index (χ4n) is 2.60. The van der Waals surface area contributed by atoms with Crippen LogP contribution in [0.15, 0.2) is 28.9 Å². The molecular formula is C16H18BrFN4O. The summed E-state index contributed by atoms with van der Waals surface area (Å²) in [6, 6.07) is 4.45. The molecule has 0 bridgehead atoms. The molecule has 23 heavy (non-hydrogen) atoms. The standard InChI is InChI=1S/C16H18BrFN4O/c1-22-15(19)13(8-20-22)16(23)21-14(4-9-2-3-9)10-5-11(17)7-12(18)6-10/h5-9,14H,2-4,19H2,1H3,(H,21,23). The molecule has 7 heteroatoms. The number of carbonyl (C=O) groups excluding carboxylic acids is 1. The summed E-state index contributed by atoms with van der Waals surface area (Å²) in [6.45, 7) is 0. The summed E-state index contributed by atoms with van der Waals surface area (Å²) in [4.78, 5) is 12.5. The molecule has 1 saturated carbocycles. The van der Waals surface area contributed by atoms with Gasteiger partial charge in [-0.1, -0.05) is 28.8 Å². The zero-order valence-electron chi connectivity index (χ0n) is 12.7. The number of halogens is 2. The predicted molar refractivity (Wildman–Crippen MR) is 89.3 cm³/mol. The van der Waals surface area contributed by atoms with E-state index in [4.69, 9.17) is 5.73 Å². The maximum Gasteiger partial charge on any atom is 0.257 e. The first-order valence-electron chi connectivity index (χ1n) is 7.48. The highest BCUT2D eigenvalue weighted by molar-refractivity contribution is 9.10. The van der Waals surface area contributed by atoms with Gasteiger partial charge in [-0.05, 0) is 36.1 Å². The maximum atomic E-state index is 13.7. The third-order valence-electron chi connectivity index (χ3n) is 4.09. The number of nitrogens with zero attached hydrogens (tertiary/aromatic N) is 2. The third kappa shape index (κ3) is 3.72. The quantitative estimate of drug-likeness (QED) is 0.836. The van der Waals surface area contributed by atoms with Crippen LogP contribution >= 0.6 is 15.9 Å². The zero-order valence-corrected chi connectivity index (χ0v) is 14.3. The van der Waals surface area contributed by atoms with Crippen LogP contribution in [-0.4, -0.2) is 15.7 Å². The number of hydrogen-bond donors (Lipinski definition) is 2. The van der Waals surface area contributed by atoms with Crippen LogP contribution in [0.5, 0.6) is 0 Å². The average molecular weight is 381 g/mol. The molecule has 3 rings (SSSR count). The molecule has 122 valence electrons. The van der Waals surface area contributed by atoms with Gasteiger partial charge >= 0.3 is 0 Å². The molecule has 1 amide bonds. The van der Waals surface area contributed by atoms with Gasteiger partial charge in [-0.3, -0.25) is 9.48 Å². The Balaban J connectivity index is 1.84. The highest BCUT2D eigenvalue weighted by Gasteiger charge is 2.28. The number of amides is 1. The van der Waals surface area contributed by atoms with E-state index in [-0.39, 0.29) is 17.8 Å². The van der Waals surface area contributed by atoms with Crippen molar-refractivity contribution in [3.05, 3.63) is 45.8 Å². The first kappa shape index (κ1) is 16.0. The summed E-state index contributed by atoms with van der Waals surface area (Å²) in [6.07, 6.45) is 4.54. The van der Waals surface area contributed by atoms with Crippen LogP contribution in [0.2, 0.25) is 0 Å². The van der Waals surface area contributed by atoms with Crippen LogP contribution in [0.4, 0.5) is 10.2 Å². The zero-order chi connectivity index (χ0) is 16.6. The van der Waals surface area contributed by atoms with E-state index in [1.165, 1.54) is 23.0 Å². The van der Waals surface area contributed by atoms with Crippen molar-refractivity contribution in [2.24, 2.45) is 13.0 Å². The van der Waals surface area contributed by atoms with Gasteiger partial charge in [0.25, 0.3) is 5.91 Å². The Bertz CT molecular complexity index is 721. The van der Waals surface area contributed by atoms with Crippen molar-refractivity contribution >= 4 is 27.7 Å². The molecule has 1 aromatic carbocycles. The first-order chi connectivity index (χ1) is 10.9. The molecule has 0 radical (unpaired) electrons. The van der Waals surface area contributed by atoms with Crippen LogP contribution in [0.3, 0.4) is 0 Å². The molecule has 0 spiro atoms. The molecule has 1 aromatic heterocycles. The van der Waals surface area contributed by atoms with Crippen molar-refractivity contribution in [1.82, 2.24) is 15.1 Å². The third-order valence-corrected chi connectivity index (χ3v) is 4.55. The number of nitrogens with two attached hydrogens (primary N) is 1. The summed E-state index contributed by atoms with van der Waals surface area (Å²) in [5, 5.41) is 6.95. The molecule has 3 N–H and O–H groups in total. The van der Waals surface area contributed by atoms with Crippen LogP contribution < -0.4 is 11.1 Å². The summed E-state index contributed by atoms with van der Waals surface area (Å²) >= 11 is 3.30. The number of rotatable bonds is 5. The van der Waals surface area contributed by atoms with Crippen molar-refractivity contribution < 1.29 is 9.18 Å². The molecule has 2 aromatic rings. The summed E-state index contributed by atoms with van der Waals surface area (Å²) in [5.41, 5.74) is 6.94. The van der Waals surface area contributed by atoms with E-state index in [9.17, 15) is 9.18 Å². The number of nitrogen functional groups attached to an aromatic ring is 1. The van der Waals surface area contributed by atoms with Crippen molar-refractivity contribution in [1.29, 1.82) is 0 Å². The number of benzene rings is 1. The molecule has 0 saturated heterocycles. The van der Waals surface area contributed by atoms with Gasteiger partial charge in [0.15, 0.2) is 0 Å². The van der Waals surface area contributed by atoms with Crippen LogP contribution in [0.1, 0.15) is 41.2 Å². The molecule has 1 heterocycles. The lowest BCUT2D eigenvalue weighted by atomic mass is 10.0. The number of aromatic nitrogens is 2. The first-order valence-corrected chi connectivity index (χ1v) is 8.27. The van der Waals surface area contributed by atoms with Gasteiger partial charge in [0, 0.05) is 11.5 Å². The predicted octanol–water partition coefficient (Wildman–Crippen LogP) is 3.18. The highest BCUT2D eigenvalue weighted by Crippen LogP contribution is 2.38. The second-order valence-electron chi connectivity index (χ2n) is 5.97. The molecule has 1 atom stereocenters. The largest absolute Gasteiger partial charge is 0.383 e. The average Bonchev–Trinajstić information content (AvgIpc) is 3.23. The SMILES string of the molecule is Cn1ncc(C(=O)NC(CC2CC2)c2cc(F)cc(Br)c2)c1N. The van der Waals surface area contributed by atoms with E-state index in [1.54, 1.807) is 7.05 Å². The van der Waals surface area contributed by atoms with E-state index in [0.29, 0.717) is 21.8 Å². The molecular weight excluding hydrogens is 363 g/mol. The molecule has 1 fully saturated rings. The van der Waals surface area contributed by atoms with Crippen LogP contribution in [-0.2, 0) is 7.05 Å². The Morgan fingerprint density at radius 3 is 2.83 bits per heavy atom. The van der Waals surface area contributed by atoms with Gasteiger partial charge in [-0.25, -0.2) is 4.39 Å². The van der Waals surface area contributed by atoms with Gasteiger partial charge in [0.2, 0.25) is 0 Å². The number of anilines is 1. The second kappa shape index (κ2) is 6.31. The number of aryl methyl sites for hydroxylation is 1. The Kier molecular flexibility index (Phi) is 4.39. The minimum Gasteiger partial charge on any atom is -0.383 e. The van der Waals surface area contributed by atoms with Gasteiger partial charge in [-0.15, -0.1) is 0 Å².